The molecule has 14 heavy (non-hydrogen) atoms. The maximum Gasteiger partial charge on any atom is 0.270 e. The van der Waals surface area contributed by atoms with Gasteiger partial charge in [-0.25, -0.2) is 0 Å². The van der Waals surface area contributed by atoms with Crippen molar-refractivity contribution >= 4 is 5.69 Å². The molecule has 0 bridgehead atoms. The van der Waals surface area contributed by atoms with Crippen molar-refractivity contribution in [2.24, 2.45) is 0 Å². The Labute approximate surface area is 80.4 Å². The van der Waals surface area contributed by atoms with Crippen molar-refractivity contribution in [3.63, 3.8) is 0 Å². The summed E-state index contributed by atoms with van der Waals surface area (Å²) >= 11 is 0. The average Bonchev–Trinajstić information content (AvgIpc) is 2.71. The smallest absolute Gasteiger partial charge is 0.270 e. The number of rotatable bonds is 2. The molecule has 0 saturated carbocycles. The fourth-order valence-corrected chi connectivity index (χ4v) is 1.30. The van der Waals surface area contributed by atoms with Gasteiger partial charge in [-0.15, -0.1) is 0 Å². The average molecular weight is 188 g/mol. The molecule has 1 aromatic carbocycles. The largest absolute Gasteiger partial charge is 0.361 e. The monoisotopic (exact) mass is 188 g/mol. The Hall–Kier alpha value is -2.10. The van der Waals surface area contributed by atoms with Crippen molar-refractivity contribution in [3.05, 3.63) is 52.7 Å². The fraction of sp³-hybridized carbons (Fsp3) is 0. The van der Waals surface area contributed by atoms with Gasteiger partial charge in [0.2, 0.25) is 0 Å². The van der Waals surface area contributed by atoms with Gasteiger partial charge in [0, 0.05) is 29.6 Å². The number of nitrogens with zero attached hydrogens (tertiary/aromatic N) is 1. The molecule has 0 aliphatic heterocycles. The lowest BCUT2D eigenvalue weighted by Crippen LogP contribution is -1.87. The maximum absolute atomic E-state index is 10.5. The van der Waals surface area contributed by atoms with Crippen LogP contribution in [-0.4, -0.2) is 9.91 Å². The predicted molar refractivity (Wildman–Crippen MR) is 52.9 cm³/mol. The first-order valence-corrected chi connectivity index (χ1v) is 4.15. The van der Waals surface area contributed by atoms with Crippen LogP contribution in [0.3, 0.4) is 0 Å². The van der Waals surface area contributed by atoms with Gasteiger partial charge >= 0.3 is 0 Å². The lowest BCUT2D eigenvalue weighted by Gasteiger charge is -1.97. The Morgan fingerprint density at radius 2 is 2.07 bits per heavy atom. The van der Waals surface area contributed by atoms with Gasteiger partial charge in [-0.2, -0.15) is 0 Å². The topological polar surface area (TPSA) is 58.9 Å². The van der Waals surface area contributed by atoms with E-state index in [-0.39, 0.29) is 5.69 Å². The third-order valence-electron chi connectivity index (χ3n) is 1.97. The molecule has 1 N–H and O–H groups in total. The number of aromatic nitrogens is 1. The van der Waals surface area contributed by atoms with Crippen LogP contribution in [0, 0.1) is 10.1 Å². The Kier molecular flexibility index (Phi) is 2.02. The van der Waals surface area contributed by atoms with Crippen LogP contribution in [0.1, 0.15) is 0 Å². The molecule has 70 valence electrons. The van der Waals surface area contributed by atoms with Crippen LogP contribution in [0.25, 0.3) is 11.3 Å². The summed E-state index contributed by atoms with van der Waals surface area (Å²) in [7, 11) is 0. The fourth-order valence-electron chi connectivity index (χ4n) is 1.30. The molecule has 4 heteroatoms. The van der Waals surface area contributed by atoms with E-state index in [9.17, 15) is 10.1 Å². The number of nitro benzene ring substituents is 1. The Morgan fingerprint density at radius 1 is 1.21 bits per heavy atom. The van der Waals surface area contributed by atoms with Crippen molar-refractivity contribution in [2.45, 2.75) is 0 Å². The highest BCUT2D eigenvalue weighted by Gasteiger charge is 2.06. The highest BCUT2D eigenvalue weighted by molar-refractivity contribution is 5.62. The molecule has 4 nitrogen and oxygen atoms in total. The molecule has 0 unspecified atom stereocenters. The van der Waals surface area contributed by atoms with Crippen molar-refractivity contribution in [1.82, 2.24) is 4.98 Å². The van der Waals surface area contributed by atoms with E-state index >= 15 is 0 Å². The van der Waals surface area contributed by atoms with Crippen molar-refractivity contribution < 1.29 is 4.92 Å². The predicted octanol–water partition coefficient (Wildman–Crippen LogP) is 2.59. The van der Waals surface area contributed by atoms with Crippen LogP contribution in [0.2, 0.25) is 0 Å². The lowest BCUT2D eigenvalue weighted by molar-refractivity contribution is -0.384. The molecule has 1 heterocycles. The Bertz CT molecular complexity index is 449. The van der Waals surface area contributed by atoms with E-state index in [1.807, 2.05) is 18.2 Å². The summed E-state index contributed by atoms with van der Waals surface area (Å²) in [6.07, 6.45) is 1.79. The van der Waals surface area contributed by atoms with E-state index in [0.717, 1.165) is 11.3 Å². The van der Waals surface area contributed by atoms with Crippen LogP contribution < -0.4 is 0 Å². The lowest BCUT2D eigenvalue weighted by atomic mass is 10.1. The quantitative estimate of drug-likeness (QED) is 0.581. The van der Waals surface area contributed by atoms with Gasteiger partial charge in [-0.3, -0.25) is 10.1 Å². The van der Waals surface area contributed by atoms with Gasteiger partial charge in [0.05, 0.1) is 4.92 Å². The molecule has 0 fully saturated rings. The molecule has 0 amide bonds. The Balaban J connectivity index is 2.46. The number of nitro groups is 1. The summed E-state index contributed by atoms with van der Waals surface area (Å²) in [6.45, 7) is 0. The van der Waals surface area contributed by atoms with Gasteiger partial charge in [-0.05, 0) is 12.1 Å². The summed E-state index contributed by atoms with van der Waals surface area (Å²) in [5, 5.41) is 10.5. The molecule has 0 spiro atoms. The highest BCUT2D eigenvalue weighted by Crippen LogP contribution is 2.21. The minimum atomic E-state index is -0.396. The molecule has 2 aromatic rings. The molecule has 0 atom stereocenters. The molecule has 1 aromatic heterocycles. The number of hydrogen-bond donors (Lipinski definition) is 1. The Morgan fingerprint density at radius 3 is 2.71 bits per heavy atom. The number of non-ortho nitro benzene ring substituents is 1. The van der Waals surface area contributed by atoms with E-state index in [2.05, 4.69) is 4.98 Å². The summed E-state index contributed by atoms with van der Waals surface area (Å²) in [5.74, 6) is 0. The van der Waals surface area contributed by atoms with Gasteiger partial charge < -0.3 is 4.98 Å². The van der Waals surface area contributed by atoms with Crippen LogP contribution >= 0.6 is 0 Å². The van der Waals surface area contributed by atoms with E-state index < -0.39 is 4.92 Å². The molecule has 0 aliphatic rings. The first-order chi connectivity index (χ1) is 6.77. The number of hydrogen-bond acceptors (Lipinski definition) is 2. The second kappa shape index (κ2) is 3.33. The van der Waals surface area contributed by atoms with E-state index in [1.165, 1.54) is 6.07 Å². The van der Waals surface area contributed by atoms with E-state index in [4.69, 9.17) is 0 Å². The first kappa shape index (κ1) is 8.50. The number of nitrogens with one attached hydrogen (secondary N) is 1. The van der Waals surface area contributed by atoms with Crippen molar-refractivity contribution in [3.8, 4) is 11.3 Å². The molecular formula is C10H8N2O2. The molecule has 2 rings (SSSR count). The van der Waals surface area contributed by atoms with Crippen LogP contribution in [-0.2, 0) is 0 Å². The molecule has 0 saturated heterocycles. The van der Waals surface area contributed by atoms with Crippen LogP contribution in [0.15, 0.2) is 42.6 Å². The summed E-state index contributed by atoms with van der Waals surface area (Å²) < 4.78 is 0. The summed E-state index contributed by atoms with van der Waals surface area (Å²) in [6, 6.07) is 10.3. The SMILES string of the molecule is O=[N+]([O-])c1cccc(-c2ccc[nH]2)c1. The van der Waals surface area contributed by atoms with Crippen molar-refractivity contribution in [1.29, 1.82) is 0 Å². The zero-order chi connectivity index (χ0) is 9.97. The second-order valence-corrected chi connectivity index (χ2v) is 2.89. The molecule has 0 aliphatic carbocycles. The van der Waals surface area contributed by atoms with Crippen LogP contribution in [0.4, 0.5) is 5.69 Å². The number of H-pyrrole nitrogens is 1. The molecular weight excluding hydrogens is 180 g/mol. The van der Waals surface area contributed by atoms with E-state index in [1.54, 1.807) is 18.3 Å². The summed E-state index contributed by atoms with van der Waals surface area (Å²) in [5.41, 5.74) is 1.81. The number of aromatic amines is 1. The highest BCUT2D eigenvalue weighted by atomic mass is 16.6. The van der Waals surface area contributed by atoms with Gasteiger partial charge in [0.1, 0.15) is 0 Å². The normalized spacial score (nSPS) is 10.0. The van der Waals surface area contributed by atoms with Gasteiger partial charge in [0.25, 0.3) is 5.69 Å². The standard InChI is InChI=1S/C10H8N2O2/c13-12(14)9-4-1-3-8(7-9)10-5-2-6-11-10/h1-7,11H. The zero-order valence-electron chi connectivity index (χ0n) is 7.31. The molecule has 0 radical (unpaired) electrons. The third kappa shape index (κ3) is 1.50. The van der Waals surface area contributed by atoms with Gasteiger partial charge in [-0.1, -0.05) is 12.1 Å². The van der Waals surface area contributed by atoms with Crippen LogP contribution in [0.5, 0.6) is 0 Å². The zero-order valence-corrected chi connectivity index (χ0v) is 7.31. The maximum atomic E-state index is 10.5. The van der Waals surface area contributed by atoms with E-state index in [0.29, 0.717) is 0 Å². The van der Waals surface area contributed by atoms with Gasteiger partial charge in [0.15, 0.2) is 0 Å². The summed E-state index contributed by atoms with van der Waals surface area (Å²) in [4.78, 5) is 13.1. The van der Waals surface area contributed by atoms with Crippen molar-refractivity contribution in [2.75, 3.05) is 0 Å². The first-order valence-electron chi connectivity index (χ1n) is 4.15. The number of benzene rings is 1. The minimum Gasteiger partial charge on any atom is -0.361 e. The minimum absolute atomic E-state index is 0.108. The third-order valence-corrected chi connectivity index (χ3v) is 1.97. The second-order valence-electron chi connectivity index (χ2n) is 2.89.